The van der Waals surface area contributed by atoms with Crippen LogP contribution in [-0.2, 0) is 4.74 Å². The molecule has 0 bridgehead atoms. The number of hydrogen-bond acceptors (Lipinski definition) is 7. The largest absolute Gasteiger partial charge is 0.459 e. The molecule has 30 heavy (non-hydrogen) atoms. The van der Waals surface area contributed by atoms with Crippen molar-refractivity contribution in [3.63, 3.8) is 0 Å². The number of benzene rings is 1. The van der Waals surface area contributed by atoms with Crippen LogP contribution in [0.2, 0.25) is 0 Å². The molecule has 0 unspecified atom stereocenters. The molecule has 0 fully saturated rings. The molecule has 2 heterocycles. The van der Waals surface area contributed by atoms with E-state index in [-0.39, 0.29) is 28.0 Å². The standard InChI is InChI=1S/C20H18F3N3O4/c1-9(2)29-19(27)14-7-13-17(24-8-25-18(13)30-20(14)28)26-10(3)11-5-4-6-12(15(11)21)16(22)23/h4-10,16H,1-3H3,(H,24,25,26)/t10-/m1/s1. The Morgan fingerprint density at radius 3 is 2.53 bits per heavy atom. The first-order valence-electron chi connectivity index (χ1n) is 9.01. The van der Waals surface area contributed by atoms with Crippen LogP contribution in [0.3, 0.4) is 0 Å². The number of hydrogen-bond donors (Lipinski definition) is 1. The van der Waals surface area contributed by atoms with Gasteiger partial charge < -0.3 is 14.5 Å². The fraction of sp³-hybridized carbons (Fsp3) is 0.300. The van der Waals surface area contributed by atoms with Crippen molar-refractivity contribution in [1.82, 2.24) is 9.97 Å². The molecule has 0 aliphatic carbocycles. The molecule has 3 aromatic rings. The summed E-state index contributed by atoms with van der Waals surface area (Å²) in [6, 6.07) is 4.15. The number of carbonyl (C=O) groups excluding carboxylic acids is 1. The van der Waals surface area contributed by atoms with E-state index >= 15 is 0 Å². The topological polar surface area (TPSA) is 94.3 Å². The number of fused-ring (bicyclic) bond motifs is 1. The molecule has 1 atom stereocenters. The Kier molecular flexibility index (Phi) is 6.04. The van der Waals surface area contributed by atoms with Crippen LogP contribution in [0.5, 0.6) is 0 Å². The number of ether oxygens (including phenoxy) is 1. The molecule has 0 spiro atoms. The van der Waals surface area contributed by atoms with Crippen molar-refractivity contribution in [2.75, 3.05) is 5.32 Å². The lowest BCUT2D eigenvalue weighted by atomic mass is 10.0. The summed E-state index contributed by atoms with van der Waals surface area (Å²) in [5, 5.41) is 3.06. The summed E-state index contributed by atoms with van der Waals surface area (Å²) in [4.78, 5) is 32.1. The summed E-state index contributed by atoms with van der Waals surface area (Å²) in [5.74, 6) is -1.78. The molecule has 0 aliphatic rings. The molecule has 0 amide bonds. The molecule has 0 radical (unpaired) electrons. The quantitative estimate of drug-likeness (QED) is 0.590. The lowest BCUT2D eigenvalue weighted by molar-refractivity contribution is 0.0373. The molecule has 7 nitrogen and oxygen atoms in total. The number of rotatable bonds is 6. The zero-order valence-corrected chi connectivity index (χ0v) is 16.3. The highest BCUT2D eigenvalue weighted by Crippen LogP contribution is 2.30. The Morgan fingerprint density at radius 2 is 1.87 bits per heavy atom. The number of halogens is 3. The van der Waals surface area contributed by atoms with Crippen molar-refractivity contribution >= 4 is 22.9 Å². The van der Waals surface area contributed by atoms with Gasteiger partial charge in [-0.15, -0.1) is 0 Å². The van der Waals surface area contributed by atoms with E-state index in [9.17, 15) is 22.8 Å². The molecule has 1 N–H and O–H groups in total. The second-order valence-electron chi connectivity index (χ2n) is 6.76. The van der Waals surface area contributed by atoms with Gasteiger partial charge in [0, 0.05) is 5.56 Å². The van der Waals surface area contributed by atoms with Crippen molar-refractivity contribution in [3.05, 3.63) is 63.5 Å². The lowest BCUT2D eigenvalue weighted by Crippen LogP contribution is -2.20. The van der Waals surface area contributed by atoms with Gasteiger partial charge in [-0.05, 0) is 26.8 Å². The monoisotopic (exact) mass is 421 g/mol. The zero-order valence-electron chi connectivity index (χ0n) is 16.3. The first-order valence-corrected chi connectivity index (χ1v) is 9.01. The third-order valence-electron chi connectivity index (χ3n) is 4.22. The Morgan fingerprint density at radius 1 is 1.17 bits per heavy atom. The number of alkyl halides is 2. The molecule has 3 rings (SSSR count). The molecular formula is C20H18F3N3O4. The minimum Gasteiger partial charge on any atom is -0.459 e. The van der Waals surface area contributed by atoms with Crippen LogP contribution in [0.4, 0.5) is 19.0 Å². The SMILES string of the molecule is CC(C)OC(=O)c1cc2c(N[C@H](C)c3cccc(C(F)F)c3F)ncnc2oc1=O. The zero-order chi connectivity index (χ0) is 22.0. The predicted octanol–water partition coefficient (Wildman–Crippen LogP) is 4.40. The van der Waals surface area contributed by atoms with Gasteiger partial charge in [0.05, 0.1) is 23.1 Å². The summed E-state index contributed by atoms with van der Waals surface area (Å²) in [7, 11) is 0. The highest BCUT2D eigenvalue weighted by Gasteiger charge is 2.22. The van der Waals surface area contributed by atoms with Crippen LogP contribution < -0.4 is 10.9 Å². The van der Waals surface area contributed by atoms with Crippen molar-refractivity contribution < 1.29 is 27.1 Å². The Balaban J connectivity index is 2.01. The van der Waals surface area contributed by atoms with E-state index in [4.69, 9.17) is 9.15 Å². The first-order chi connectivity index (χ1) is 14.2. The van der Waals surface area contributed by atoms with E-state index in [2.05, 4.69) is 15.3 Å². The number of carbonyl (C=O) groups is 1. The summed E-state index contributed by atoms with van der Waals surface area (Å²) in [5.41, 5.74) is -2.10. The number of nitrogens with one attached hydrogen (secondary N) is 1. The van der Waals surface area contributed by atoms with Gasteiger partial charge in [-0.2, -0.15) is 0 Å². The molecule has 10 heteroatoms. The highest BCUT2D eigenvalue weighted by molar-refractivity contribution is 5.95. The summed E-state index contributed by atoms with van der Waals surface area (Å²) < 4.78 is 50.5. The van der Waals surface area contributed by atoms with Gasteiger partial charge in [-0.1, -0.05) is 18.2 Å². The smallest absolute Gasteiger partial charge is 0.352 e. The van der Waals surface area contributed by atoms with Crippen molar-refractivity contribution in [2.45, 2.75) is 39.3 Å². The molecule has 1 aromatic carbocycles. The highest BCUT2D eigenvalue weighted by atomic mass is 19.3. The average molecular weight is 421 g/mol. The summed E-state index contributed by atoms with van der Waals surface area (Å²) in [6.07, 6.45) is -2.30. The van der Waals surface area contributed by atoms with Crippen LogP contribution >= 0.6 is 0 Å². The van der Waals surface area contributed by atoms with Gasteiger partial charge in [-0.3, -0.25) is 0 Å². The maximum atomic E-state index is 14.5. The molecule has 0 saturated heterocycles. The van der Waals surface area contributed by atoms with E-state index in [1.165, 1.54) is 18.2 Å². The van der Waals surface area contributed by atoms with Gasteiger partial charge in [0.1, 0.15) is 23.5 Å². The number of aromatic nitrogens is 2. The Labute approximate surface area is 168 Å². The maximum absolute atomic E-state index is 14.5. The second kappa shape index (κ2) is 8.52. The van der Waals surface area contributed by atoms with Gasteiger partial charge in [0.25, 0.3) is 6.43 Å². The van der Waals surface area contributed by atoms with Crippen LogP contribution in [0.15, 0.2) is 39.8 Å². The summed E-state index contributed by atoms with van der Waals surface area (Å²) >= 11 is 0. The van der Waals surface area contributed by atoms with Gasteiger partial charge in [-0.25, -0.2) is 32.7 Å². The summed E-state index contributed by atoms with van der Waals surface area (Å²) in [6.45, 7) is 4.80. The van der Waals surface area contributed by atoms with E-state index in [0.717, 1.165) is 12.4 Å². The number of anilines is 1. The molecule has 2 aromatic heterocycles. The lowest BCUT2D eigenvalue weighted by Gasteiger charge is -2.18. The van der Waals surface area contributed by atoms with Crippen LogP contribution in [0, 0.1) is 5.82 Å². The number of esters is 1. The Hall–Kier alpha value is -3.43. The van der Waals surface area contributed by atoms with Gasteiger partial charge in [0.2, 0.25) is 5.71 Å². The maximum Gasteiger partial charge on any atom is 0.352 e. The van der Waals surface area contributed by atoms with Gasteiger partial charge >= 0.3 is 11.6 Å². The minimum atomic E-state index is -2.96. The molecular weight excluding hydrogens is 403 g/mol. The van der Waals surface area contributed by atoms with E-state index < -0.39 is 41.5 Å². The van der Waals surface area contributed by atoms with Crippen LogP contribution in [-0.4, -0.2) is 22.0 Å². The Bertz CT molecular complexity index is 1150. The van der Waals surface area contributed by atoms with Crippen LogP contribution in [0.1, 0.15) is 54.7 Å². The first kappa shape index (κ1) is 21.3. The third kappa shape index (κ3) is 4.27. The third-order valence-corrected chi connectivity index (χ3v) is 4.22. The fourth-order valence-corrected chi connectivity index (χ4v) is 2.83. The van der Waals surface area contributed by atoms with Crippen LogP contribution in [0.25, 0.3) is 11.1 Å². The van der Waals surface area contributed by atoms with E-state index in [0.29, 0.717) is 0 Å². The second-order valence-corrected chi connectivity index (χ2v) is 6.76. The molecule has 0 saturated carbocycles. The molecule has 158 valence electrons. The normalized spacial score (nSPS) is 12.4. The van der Waals surface area contributed by atoms with Crippen molar-refractivity contribution in [2.24, 2.45) is 0 Å². The van der Waals surface area contributed by atoms with Crippen molar-refractivity contribution in [3.8, 4) is 0 Å². The average Bonchev–Trinajstić information content (AvgIpc) is 2.66. The van der Waals surface area contributed by atoms with E-state index in [1.54, 1.807) is 20.8 Å². The van der Waals surface area contributed by atoms with Gasteiger partial charge in [0.15, 0.2) is 0 Å². The predicted molar refractivity (Wildman–Crippen MR) is 102 cm³/mol. The fourth-order valence-electron chi connectivity index (χ4n) is 2.83. The minimum absolute atomic E-state index is 0.00335. The molecule has 0 aliphatic heterocycles. The number of nitrogens with zero attached hydrogens (tertiary/aromatic N) is 2. The van der Waals surface area contributed by atoms with Crippen molar-refractivity contribution in [1.29, 1.82) is 0 Å². The van der Waals surface area contributed by atoms with E-state index in [1.807, 2.05) is 0 Å².